The van der Waals surface area contributed by atoms with Crippen LogP contribution < -0.4 is 4.18 Å². The molecule has 2 rings (SSSR count). The van der Waals surface area contributed by atoms with Crippen molar-refractivity contribution in [3.63, 3.8) is 0 Å². The van der Waals surface area contributed by atoms with Crippen LogP contribution in [0.2, 0.25) is 10.0 Å². The van der Waals surface area contributed by atoms with Crippen LogP contribution in [0.1, 0.15) is 57.4 Å². The molecule has 0 aliphatic carbocycles. The maximum Gasteiger partial charge on any atom is 0.339 e. The molecule has 2 aromatic rings. The van der Waals surface area contributed by atoms with Gasteiger partial charge in [0.05, 0.1) is 10.0 Å². The minimum Gasteiger partial charge on any atom is -0.379 e. The van der Waals surface area contributed by atoms with Gasteiger partial charge in [-0.2, -0.15) is 8.42 Å². The molecule has 0 aromatic heterocycles. The van der Waals surface area contributed by atoms with E-state index >= 15 is 0 Å². The molecule has 0 aliphatic heterocycles. The van der Waals surface area contributed by atoms with E-state index in [0.717, 1.165) is 18.4 Å². The maximum absolute atomic E-state index is 12.6. The molecule has 0 heterocycles. The van der Waals surface area contributed by atoms with E-state index in [0.29, 0.717) is 10.8 Å². The first-order valence-electron chi connectivity index (χ1n) is 8.83. The van der Waals surface area contributed by atoms with Crippen LogP contribution in [0.15, 0.2) is 47.4 Å². The van der Waals surface area contributed by atoms with E-state index in [1.54, 1.807) is 12.1 Å². The van der Waals surface area contributed by atoms with Gasteiger partial charge in [0.25, 0.3) is 0 Å². The number of benzene rings is 2. The summed E-state index contributed by atoms with van der Waals surface area (Å²) in [6.45, 7) is 4.28. The van der Waals surface area contributed by atoms with Gasteiger partial charge in [-0.1, -0.05) is 80.9 Å². The van der Waals surface area contributed by atoms with Crippen LogP contribution in [-0.2, 0) is 10.1 Å². The third kappa shape index (κ3) is 5.63. The second-order valence-electron chi connectivity index (χ2n) is 6.40. The standard InChI is InChI=1S/C20H24Cl2O3S/c1-3-4-5-6-9-15(2)17-10-7-8-11-20(17)25-26(23,24)16-12-13-18(21)19(22)14-16/h7-8,10-15H,3-6,9H2,1-2H3/t15-/m0/s1. The minimum absolute atomic E-state index is 0.0164. The highest BCUT2D eigenvalue weighted by Crippen LogP contribution is 2.33. The van der Waals surface area contributed by atoms with Crippen molar-refractivity contribution in [1.82, 2.24) is 0 Å². The monoisotopic (exact) mass is 414 g/mol. The van der Waals surface area contributed by atoms with Gasteiger partial charge in [0.2, 0.25) is 0 Å². The van der Waals surface area contributed by atoms with Crippen LogP contribution in [0.5, 0.6) is 5.75 Å². The van der Waals surface area contributed by atoms with E-state index in [1.807, 2.05) is 12.1 Å². The van der Waals surface area contributed by atoms with Gasteiger partial charge in [-0.3, -0.25) is 0 Å². The van der Waals surface area contributed by atoms with Crippen molar-refractivity contribution >= 4 is 33.3 Å². The molecular weight excluding hydrogens is 391 g/mol. The van der Waals surface area contributed by atoms with Gasteiger partial charge in [-0.05, 0) is 42.2 Å². The summed E-state index contributed by atoms with van der Waals surface area (Å²) in [4.78, 5) is -0.0164. The first kappa shape index (κ1) is 21.1. The van der Waals surface area contributed by atoms with Crippen molar-refractivity contribution in [2.24, 2.45) is 0 Å². The lowest BCUT2D eigenvalue weighted by Crippen LogP contribution is -2.11. The summed E-state index contributed by atoms with van der Waals surface area (Å²) < 4.78 is 30.7. The molecule has 0 spiro atoms. The molecule has 26 heavy (non-hydrogen) atoms. The summed E-state index contributed by atoms with van der Waals surface area (Å²) in [5.41, 5.74) is 0.896. The fraction of sp³-hybridized carbons (Fsp3) is 0.400. The van der Waals surface area contributed by atoms with E-state index in [2.05, 4.69) is 13.8 Å². The molecule has 2 aromatic carbocycles. The number of unbranched alkanes of at least 4 members (excludes halogenated alkanes) is 3. The van der Waals surface area contributed by atoms with E-state index < -0.39 is 10.1 Å². The van der Waals surface area contributed by atoms with E-state index in [9.17, 15) is 8.42 Å². The van der Waals surface area contributed by atoms with Crippen LogP contribution >= 0.6 is 23.2 Å². The Bertz CT molecular complexity index is 835. The SMILES string of the molecule is CCCCCC[C@H](C)c1ccccc1OS(=O)(=O)c1ccc(Cl)c(Cl)c1. The summed E-state index contributed by atoms with van der Waals surface area (Å²) >= 11 is 11.8. The average molecular weight is 415 g/mol. The zero-order chi connectivity index (χ0) is 19.2. The Balaban J connectivity index is 2.19. The number of para-hydroxylation sites is 1. The summed E-state index contributed by atoms with van der Waals surface area (Å²) in [5.74, 6) is 0.577. The number of halogens is 2. The van der Waals surface area contributed by atoms with Gasteiger partial charge in [-0.25, -0.2) is 0 Å². The average Bonchev–Trinajstić information content (AvgIpc) is 2.61. The Morgan fingerprint density at radius 1 is 1.00 bits per heavy atom. The van der Waals surface area contributed by atoms with Crippen molar-refractivity contribution in [3.05, 3.63) is 58.1 Å². The van der Waals surface area contributed by atoms with Crippen molar-refractivity contribution in [2.45, 2.75) is 56.8 Å². The summed E-state index contributed by atoms with van der Waals surface area (Å²) in [6.07, 6.45) is 5.70. The Morgan fingerprint density at radius 2 is 1.73 bits per heavy atom. The summed E-state index contributed by atoms with van der Waals surface area (Å²) in [7, 11) is -3.98. The van der Waals surface area contributed by atoms with Gasteiger partial charge < -0.3 is 4.18 Å². The highest BCUT2D eigenvalue weighted by Gasteiger charge is 2.21. The smallest absolute Gasteiger partial charge is 0.339 e. The highest BCUT2D eigenvalue weighted by molar-refractivity contribution is 7.87. The van der Waals surface area contributed by atoms with Gasteiger partial charge in [0.1, 0.15) is 10.6 Å². The number of rotatable bonds is 9. The van der Waals surface area contributed by atoms with Crippen LogP contribution in [0, 0.1) is 0 Å². The van der Waals surface area contributed by atoms with Crippen LogP contribution in [-0.4, -0.2) is 8.42 Å². The predicted octanol–water partition coefficient (Wildman–Crippen LogP) is 6.84. The third-order valence-electron chi connectivity index (χ3n) is 4.32. The van der Waals surface area contributed by atoms with Gasteiger partial charge in [0.15, 0.2) is 0 Å². The minimum atomic E-state index is -3.98. The second-order valence-corrected chi connectivity index (χ2v) is 8.76. The molecule has 0 amide bonds. The molecule has 0 aliphatic rings. The van der Waals surface area contributed by atoms with Gasteiger partial charge >= 0.3 is 10.1 Å². The number of hydrogen-bond acceptors (Lipinski definition) is 3. The molecule has 0 saturated heterocycles. The van der Waals surface area contributed by atoms with E-state index in [1.165, 1.54) is 37.5 Å². The predicted molar refractivity (Wildman–Crippen MR) is 108 cm³/mol. The van der Waals surface area contributed by atoms with Crippen LogP contribution in [0.4, 0.5) is 0 Å². The molecule has 0 bridgehead atoms. The molecule has 0 unspecified atom stereocenters. The lowest BCUT2D eigenvalue weighted by molar-refractivity contribution is 0.477. The van der Waals surface area contributed by atoms with Crippen LogP contribution in [0.3, 0.4) is 0 Å². The zero-order valence-corrected chi connectivity index (χ0v) is 17.4. The molecule has 0 N–H and O–H groups in total. The second kappa shape index (κ2) is 9.63. The van der Waals surface area contributed by atoms with Gasteiger partial charge in [0, 0.05) is 0 Å². The zero-order valence-electron chi connectivity index (χ0n) is 15.0. The fourth-order valence-electron chi connectivity index (χ4n) is 2.80. The first-order valence-corrected chi connectivity index (χ1v) is 11.0. The molecular formula is C20H24Cl2O3S. The molecule has 0 radical (unpaired) electrons. The lowest BCUT2D eigenvalue weighted by atomic mass is 9.94. The molecule has 6 heteroatoms. The molecule has 0 fully saturated rings. The van der Waals surface area contributed by atoms with Crippen molar-refractivity contribution in [3.8, 4) is 5.75 Å². The summed E-state index contributed by atoms with van der Waals surface area (Å²) in [6, 6.07) is 11.4. The van der Waals surface area contributed by atoms with Crippen molar-refractivity contribution < 1.29 is 12.6 Å². The van der Waals surface area contributed by atoms with Crippen LogP contribution in [0.25, 0.3) is 0 Å². The van der Waals surface area contributed by atoms with Crippen molar-refractivity contribution in [2.75, 3.05) is 0 Å². The third-order valence-corrected chi connectivity index (χ3v) is 6.29. The fourth-order valence-corrected chi connectivity index (χ4v) is 4.14. The molecule has 1 atom stereocenters. The summed E-state index contributed by atoms with van der Waals surface area (Å²) in [5, 5.41) is 0.473. The van der Waals surface area contributed by atoms with Gasteiger partial charge in [-0.15, -0.1) is 0 Å². The van der Waals surface area contributed by atoms with E-state index in [-0.39, 0.29) is 15.8 Å². The first-order chi connectivity index (χ1) is 12.3. The Hall–Kier alpha value is -1.23. The topological polar surface area (TPSA) is 43.4 Å². The molecule has 3 nitrogen and oxygen atoms in total. The largest absolute Gasteiger partial charge is 0.379 e. The Kier molecular flexibility index (Phi) is 7.81. The lowest BCUT2D eigenvalue weighted by Gasteiger charge is -2.17. The maximum atomic E-state index is 12.6. The Labute approximate surface area is 166 Å². The molecule has 0 saturated carbocycles. The quantitative estimate of drug-likeness (QED) is 0.333. The normalized spacial score (nSPS) is 12.8. The Morgan fingerprint density at radius 3 is 2.42 bits per heavy atom. The molecule has 142 valence electrons. The van der Waals surface area contributed by atoms with Crippen molar-refractivity contribution in [1.29, 1.82) is 0 Å². The number of hydrogen-bond donors (Lipinski definition) is 0. The highest BCUT2D eigenvalue weighted by atomic mass is 35.5. The van der Waals surface area contributed by atoms with E-state index in [4.69, 9.17) is 27.4 Å².